The van der Waals surface area contributed by atoms with Crippen LogP contribution in [0.5, 0.6) is 0 Å². The number of aliphatic hydroxyl groups is 1. The zero-order valence-corrected chi connectivity index (χ0v) is 12.6. The van der Waals surface area contributed by atoms with Crippen molar-refractivity contribution in [1.82, 2.24) is 5.32 Å². The summed E-state index contributed by atoms with van der Waals surface area (Å²) in [7, 11) is 0. The van der Waals surface area contributed by atoms with E-state index in [0.717, 1.165) is 12.1 Å². The number of rotatable bonds is 6. The minimum absolute atomic E-state index is 0.129. The van der Waals surface area contributed by atoms with Crippen LogP contribution in [0.3, 0.4) is 0 Å². The van der Waals surface area contributed by atoms with E-state index in [1.165, 1.54) is 19.1 Å². The van der Waals surface area contributed by atoms with Gasteiger partial charge >= 0.3 is 5.92 Å². The molecule has 126 valence electrons. The average Bonchev–Trinajstić information content (AvgIpc) is 2.44. The van der Waals surface area contributed by atoms with Gasteiger partial charge in [-0.2, -0.15) is 8.78 Å². The fourth-order valence-corrected chi connectivity index (χ4v) is 2.43. The van der Waals surface area contributed by atoms with Gasteiger partial charge in [-0.3, -0.25) is 9.59 Å². The third kappa shape index (κ3) is 3.55. The predicted molar refractivity (Wildman–Crippen MR) is 76.7 cm³/mol. The molecule has 1 aliphatic carbocycles. The number of hydrogen-bond donors (Lipinski definition) is 2. The van der Waals surface area contributed by atoms with E-state index in [1.54, 1.807) is 0 Å². The van der Waals surface area contributed by atoms with E-state index < -0.39 is 35.1 Å². The maximum Gasteiger partial charge on any atom is 0.352 e. The maximum atomic E-state index is 13.9. The molecule has 1 aromatic carbocycles. The van der Waals surface area contributed by atoms with Crippen LogP contribution in [-0.2, 0) is 4.79 Å². The zero-order valence-electron chi connectivity index (χ0n) is 12.6. The number of hydrogen-bond acceptors (Lipinski definition) is 3. The highest BCUT2D eigenvalue weighted by Crippen LogP contribution is 2.44. The van der Waals surface area contributed by atoms with E-state index in [2.05, 4.69) is 5.32 Å². The minimum Gasteiger partial charge on any atom is -0.383 e. The molecule has 4 nitrogen and oxygen atoms in total. The Bertz CT molecular complexity index is 597. The molecule has 0 aliphatic heterocycles. The van der Waals surface area contributed by atoms with Crippen LogP contribution in [0.2, 0.25) is 0 Å². The van der Waals surface area contributed by atoms with Crippen LogP contribution >= 0.6 is 0 Å². The molecule has 23 heavy (non-hydrogen) atoms. The highest BCUT2D eigenvalue weighted by atomic mass is 19.3. The second kappa shape index (κ2) is 6.31. The van der Waals surface area contributed by atoms with Crippen molar-refractivity contribution in [2.75, 3.05) is 0 Å². The maximum absolute atomic E-state index is 13.9. The van der Waals surface area contributed by atoms with Crippen LogP contribution < -0.4 is 5.32 Å². The molecule has 1 saturated carbocycles. The Balaban J connectivity index is 1.93. The molecule has 1 aromatic rings. The predicted octanol–water partition coefficient (Wildman–Crippen LogP) is 2.45. The number of ketones is 1. The van der Waals surface area contributed by atoms with Crippen LogP contribution in [0.25, 0.3) is 0 Å². The van der Waals surface area contributed by atoms with Crippen molar-refractivity contribution in [3.63, 3.8) is 0 Å². The molecule has 2 rings (SSSR count). The Hall–Kier alpha value is -1.89. The van der Waals surface area contributed by atoms with Gasteiger partial charge in [-0.05, 0) is 50.5 Å². The molecular formula is C16H18F3NO3. The van der Waals surface area contributed by atoms with E-state index in [9.17, 15) is 27.9 Å². The summed E-state index contributed by atoms with van der Waals surface area (Å²) in [6.45, 7) is 1.42. The number of alkyl halides is 2. The second-order valence-electron chi connectivity index (χ2n) is 5.97. The molecule has 0 spiro atoms. The lowest BCUT2D eigenvalue weighted by molar-refractivity contribution is -0.216. The highest BCUT2D eigenvalue weighted by molar-refractivity contribution is 5.96. The van der Waals surface area contributed by atoms with Gasteiger partial charge in [0.15, 0.2) is 5.78 Å². The van der Waals surface area contributed by atoms with Crippen molar-refractivity contribution < 1.29 is 27.9 Å². The second-order valence-corrected chi connectivity index (χ2v) is 5.97. The summed E-state index contributed by atoms with van der Waals surface area (Å²) in [5.74, 6) is -6.36. The van der Waals surface area contributed by atoms with Crippen LogP contribution in [0, 0.1) is 5.82 Å². The Labute approximate surface area is 131 Å². The first-order chi connectivity index (χ1) is 10.7. The number of carbonyl (C=O) groups excluding carboxylic acids is 2. The lowest BCUT2D eigenvalue weighted by atomic mass is 9.75. The first-order valence-electron chi connectivity index (χ1n) is 7.36. The van der Waals surface area contributed by atoms with Crippen molar-refractivity contribution in [2.24, 2.45) is 0 Å². The van der Waals surface area contributed by atoms with Crippen LogP contribution in [0.1, 0.15) is 43.0 Å². The van der Waals surface area contributed by atoms with Gasteiger partial charge < -0.3 is 10.4 Å². The molecule has 1 amide bonds. The molecule has 0 aromatic heterocycles. The number of halogens is 3. The third-order valence-electron chi connectivity index (χ3n) is 4.09. The minimum atomic E-state index is -3.89. The summed E-state index contributed by atoms with van der Waals surface area (Å²) in [5.41, 5.74) is -2.06. The number of nitrogens with one attached hydrogen (secondary N) is 1. The molecule has 2 N–H and O–H groups in total. The van der Waals surface area contributed by atoms with Gasteiger partial charge in [0.25, 0.3) is 5.91 Å². The van der Waals surface area contributed by atoms with Crippen molar-refractivity contribution in [1.29, 1.82) is 0 Å². The zero-order chi connectivity index (χ0) is 17.3. The van der Waals surface area contributed by atoms with Gasteiger partial charge in [-0.25, -0.2) is 4.39 Å². The smallest absolute Gasteiger partial charge is 0.352 e. The average molecular weight is 329 g/mol. The van der Waals surface area contributed by atoms with E-state index in [0.29, 0.717) is 6.42 Å². The molecule has 1 atom stereocenters. The molecule has 1 fully saturated rings. The Morgan fingerprint density at radius 1 is 1.30 bits per heavy atom. The van der Waals surface area contributed by atoms with Gasteiger partial charge in [0, 0.05) is 18.0 Å². The van der Waals surface area contributed by atoms with E-state index in [1.807, 2.05) is 0 Å². The summed E-state index contributed by atoms with van der Waals surface area (Å²) in [6, 6.07) is 3.98. The standard InChI is InChI=1S/C16H18F3NO3/c1-10(9-13(21)11-3-5-12(17)6-4-11)20-14(22)16(18,19)15(23)7-2-8-15/h3-6,10,23H,2,7-9H2,1H3,(H,20,22). The van der Waals surface area contributed by atoms with Crippen LogP contribution in [-0.4, -0.2) is 34.4 Å². The number of benzene rings is 1. The van der Waals surface area contributed by atoms with Crippen molar-refractivity contribution >= 4 is 11.7 Å². The number of Topliss-reactive ketones (excluding diaryl/α,β-unsaturated/α-hetero) is 1. The summed E-state index contributed by atoms with van der Waals surface area (Å²) in [5, 5.41) is 11.8. The lowest BCUT2D eigenvalue weighted by Gasteiger charge is -2.41. The third-order valence-corrected chi connectivity index (χ3v) is 4.09. The van der Waals surface area contributed by atoms with E-state index in [-0.39, 0.29) is 24.8 Å². The summed E-state index contributed by atoms with van der Waals surface area (Å²) in [4.78, 5) is 23.6. The largest absolute Gasteiger partial charge is 0.383 e. The Kier molecular flexibility index (Phi) is 4.79. The normalized spacial score (nSPS) is 18.0. The van der Waals surface area contributed by atoms with Gasteiger partial charge in [0.1, 0.15) is 11.4 Å². The van der Waals surface area contributed by atoms with Crippen molar-refractivity contribution in [3.05, 3.63) is 35.6 Å². The Morgan fingerprint density at radius 3 is 2.35 bits per heavy atom. The monoisotopic (exact) mass is 329 g/mol. The summed E-state index contributed by atoms with van der Waals surface area (Å²) in [6.07, 6.45) is -0.0174. The Morgan fingerprint density at radius 2 is 1.87 bits per heavy atom. The molecule has 1 aliphatic rings. The van der Waals surface area contributed by atoms with Gasteiger partial charge in [0.2, 0.25) is 0 Å². The molecule has 1 unspecified atom stereocenters. The van der Waals surface area contributed by atoms with Gasteiger partial charge in [-0.1, -0.05) is 0 Å². The van der Waals surface area contributed by atoms with Crippen molar-refractivity contribution in [2.45, 2.75) is 50.2 Å². The molecular weight excluding hydrogens is 311 g/mol. The highest BCUT2D eigenvalue weighted by Gasteiger charge is 2.61. The fraction of sp³-hybridized carbons (Fsp3) is 0.500. The quantitative estimate of drug-likeness (QED) is 0.788. The molecule has 0 radical (unpaired) electrons. The van der Waals surface area contributed by atoms with E-state index >= 15 is 0 Å². The van der Waals surface area contributed by atoms with Crippen LogP contribution in [0.4, 0.5) is 13.2 Å². The van der Waals surface area contributed by atoms with Gasteiger partial charge in [0.05, 0.1) is 0 Å². The summed E-state index contributed by atoms with van der Waals surface area (Å²) < 4.78 is 40.6. The molecule has 0 heterocycles. The molecule has 0 bridgehead atoms. The van der Waals surface area contributed by atoms with Gasteiger partial charge in [-0.15, -0.1) is 0 Å². The number of carbonyl (C=O) groups is 2. The lowest BCUT2D eigenvalue weighted by Crippen LogP contribution is -2.61. The number of amides is 1. The first-order valence-corrected chi connectivity index (χ1v) is 7.36. The molecule has 7 heteroatoms. The van der Waals surface area contributed by atoms with E-state index in [4.69, 9.17) is 0 Å². The van der Waals surface area contributed by atoms with Crippen molar-refractivity contribution in [3.8, 4) is 0 Å². The topological polar surface area (TPSA) is 66.4 Å². The molecule has 0 saturated heterocycles. The fourth-order valence-electron chi connectivity index (χ4n) is 2.43. The summed E-state index contributed by atoms with van der Waals surface area (Å²) >= 11 is 0. The first kappa shape index (κ1) is 17.5. The van der Waals surface area contributed by atoms with Crippen LogP contribution in [0.15, 0.2) is 24.3 Å². The SMILES string of the molecule is CC(CC(=O)c1ccc(F)cc1)NC(=O)C(F)(F)C1(O)CCC1.